The highest BCUT2D eigenvalue weighted by Crippen LogP contribution is 2.61. The molecular weight excluding hydrogens is 270 g/mol. The van der Waals surface area contributed by atoms with Crippen molar-refractivity contribution in [3.63, 3.8) is 0 Å². The lowest BCUT2D eigenvalue weighted by molar-refractivity contribution is -0.139. The quantitative estimate of drug-likeness (QED) is 0.677. The Morgan fingerprint density at radius 3 is 2.15 bits per heavy atom. The van der Waals surface area contributed by atoms with Gasteiger partial charge in [-0.1, -0.05) is 0 Å². The average Bonchev–Trinajstić information content (AvgIpc) is 2.37. The van der Waals surface area contributed by atoms with Gasteiger partial charge < -0.3 is 4.90 Å². The maximum atomic E-state index is 12.6. The van der Waals surface area contributed by atoms with E-state index in [1.807, 2.05) is 4.90 Å². The van der Waals surface area contributed by atoms with Gasteiger partial charge in [0.15, 0.2) is 0 Å². The maximum absolute atomic E-state index is 12.6. The van der Waals surface area contributed by atoms with Crippen LogP contribution in [0, 0.1) is 23.2 Å². The second kappa shape index (κ2) is 5.87. The van der Waals surface area contributed by atoms with Crippen LogP contribution in [0.1, 0.15) is 58.3 Å². The summed E-state index contributed by atoms with van der Waals surface area (Å²) in [5.41, 5.74) is 0.375. The summed E-state index contributed by atoms with van der Waals surface area (Å²) in [4.78, 5) is 14.7. The molecule has 0 spiro atoms. The molecule has 0 N–H and O–H groups in total. The standard InChI is InChI=1S/C17H28ClNO/c1-2-19(5-3-4-18)16(20)12-17-9-13-6-14(10-17)8-15(7-13)11-17/h13-15H,2-12H2,1H3. The highest BCUT2D eigenvalue weighted by Gasteiger charge is 2.51. The van der Waals surface area contributed by atoms with E-state index in [0.717, 1.165) is 43.7 Å². The van der Waals surface area contributed by atoms with Crippen LogP contribution in [0.15, 0.2) is 0 Å². The molecule has 0 radical (unpaired) electrons. The highest BCUT2D eigenvalue weighted by molar-refractivity contribution is 6.17. The van der Waals surface area contributed by atoms with Crippen molar-refractivity contribution in [2.24, 2.45) is 23.2 Å². The van der Waals surface area contributed by atoms with Crippen LogP contribution in [0.5, 0.6) is 0 Å². The Balaban J connectivity index is 1.63. The van der Waals surface area contributed by atoms with Crippen molar-refractivity contribution < 1.29 is 4.79 Å². The fourth-order valence-electron chi connectivity index (χ4n) is 5.65. The van der Waals surface area contributed by atoms with E-state index in [9.17, 15) is 4.79 Å². The average molecular weight is 298 g/mol. The monoisotopic (exact) mass is 297 g/mol. The van der Waals surface area contributed by atoms with Crippen molar-refractivity contribution in [1.29, 1.82) is 0 Å². The first-order valence-corrected chi connectivity index (χ1v) is 9.01. The zero-order chi connectivity index (χ0) is 14.2. The van der Waals surface area contributed by atoms with Crippen LogP contribution in [-0.2, 0) is 4.79 Å². The number of hydrogen-bond acceptors (Lipinski definition) is 1. The van der Waals surface area contributed by atoms with Crippen molar-refractivity contribution >= 4 is 17.5 Å². The molecule has 4 bridgehead atoms. The van der Waals surface area contributed by atoms with Gasteiger partial charge in [0, 0.05) is 25.4 Å². The summed E-state index contributed by atoms with van der Waals surface area (Å²) in [6.45, 7) is 3.76. The number of halogens is 1. The predicted molar refractivity (Wildman–Crippen MR) is 82.8 cm³/mol. The normalized spacial score (nSPS) is 38.2. The van der Waals surface area contributed by atoms with E-state index in [1.165, 1.54) is 38.5 Å². The number of hydrogen-bond donors (Lipinski definition) is 0. The van der Waals surface area contributed by atoms with Gasteiger partial charge in [-0.15, -0.1) is 11.6 Å². The van der Waals surface area contributed by atoms with Crippen LogP contribution in [0.3, 0.4) is 0 Å². The SMILES string of the molecule is CCN(CCCCl)C(=O)CC12CC3CC(CC(C3)C1)C2. The molecule has 0 heterocycles. The van der Waals surface area contributed by atoms with Gasteiger partial charge in [0.05, 0.1) is 0 Å². The van der Waals surface area contributed by atoms with Crippen LogP contribution >= 0.6 is 11.6 Å². The Morgan fingerprint density at radius 2 is 1.70 bits per heavy atom. The number of carbonyl (C=O) groups excluding carboxylic acids is 1. The predicted octanol–water partition coefficient (Wildman–Crippen LogP) is 4.07. The fourth-order valence-corrected chi connectivity index (χ4v) is 5.77. The summed E-state index contributed by atoms with van der Waals surface area (Å²) in [7, 11) is 0. The molecule has 114 valence electrons. The molecule has 4 aliphatic rings. The van der Waals surface area contributed by atoms with E-state index in [1.54, 1.807) is 0 Å². The first-order valence-electron chi connectivity index (χ1n) is 8.48. The van der Waals surface area contributed by atoms with Gasteiger partial charge in [0.1, 0.15) is 0 Å². The van der Waals surface area contributed by atoms with Gasteiger partial charge in [-0.3, -0.25) is 4.79 Å². The van der Waals surface area contributed by atoms with Crippen molar-refractivity contribution in [1.82, 2.24) is 4.90 Å². The van der Waals surface area contributed by atoms with Crippen LogP contribution in [0.4, 0.5) is 0 Å². The van der Waals surface area contributed by atoms with Gasteiger partial charge in [0.25, 0.3) is 0 Å². The van der Waals surface area contributed by atoms with Crippen LogP contribution in [0.25, 0.3) is 0 Å². The summed E-state index contributed by atoms with van der Waals surface area (Å²) in [6.07, 6.45) is 10.1. The minimum absolute atomic E-state index is 0.375. The topological polar surface area (TPSA) is 20.3 Å². The lowest BCUT2D eigenvalue weighted by atomic mass is 9.49. The lowest BCUT2D eigenvalue weighted by Crippen LogP contribution is -2.48. The summed E-state index contributed by atoms with van der Waals surface area (Å²) in [6, 6.07) is 0. The molecule has 4 aliphatic carbocycles. The van der Waals surface area contributed by atoms with Crippen molar-refractivity contribution in [3.8, 4) is 0 Å². The third-order valence-electron chi connectivity index (χ3n) is 5.99. The Hall–Kier alpha value is -0.240. The molecule has 0 unspecified atom stereocenters. The van der Waals surface area contributed by atoms with Gasteiger partial charge in [-0.05, 0) is 75.0 Å². The van der Waals surface area contributed by atoms with Gasteiger partial charge in [-0.2, -0.15) is 0 Å². The Labute approximate surface area is 128 Å². The first-order chi connectivity index (χ1) is 9.64. The number of carbonyl (C=O) groups is 1. The minimum Gasteiger partial charge on any atom is -0.343 e. The Kier molecular flexibility index (Phi) is 4.31. The van der Waals surface area contributed by atoms with Crippen molar-refractivity contribution in [3.05, 3.63) is 0 Å². The van der Waals surface area contributed by atoms with Crippen LogP contribution in [-0.4, -0.2) is 29.8 Å². The minimum atomic E-state index is 0.375. The lowest BCUT2D eigenvalue weighted by Gasteiger charge is -2.57. The van der Waals surface area contributed by atoms with Crippen molar-refractivity contribution in [2.75, 3.05) is 19.0 Å². The molecule has 0 aromatic heterocycles. The van der Waals surface area contributed by atoms with E-state index in [2.05, 4.69) is 6.92 Å². The van der Waals surface area contributed by atoms with Crippen molar-refractivity contribution in [2.45, 2.75) is 58.3 Å². The molecule has 0 aromatic carbocycles. The molecule has 2 nitrogen and oxygen atoms in total. The fraction of sp³-hybridized carbons (Fsp3) is 0.941. The summed E-state index contributed by atoms with van der Waals surface area (Å²) in [5.74, 6) is 3.85. The molecule has 0 saturated heterocycles. The van der Waals surface area contributed by atoms with E-state index >= 15 is 0 Å². The van der Waals surface area contributed by atoms with E-state index in [-0.39, 0.29) is 0 Å². The Bertz CT molecular complexity index is 333. The molecule has 1 amide bonds. The third-order valence-corrected chi connectivity index (χ3v) is 6.25. The zero-order valence-corrected chi connectivity index (χ0v) is 13.5. The first kappa shape index (κ1) is 14.7. The molecule has 0 aromatic rings. The zero-order valence-electron chi connectivity index (χ0n) is 12.7. The van der Waals surface area contributed by atoms with Gasteiger partial charge in [-0.25, -0.2) is 0 Å². The molecule has 0 atom stereocenters. The second-order valence-electron chi connectivity index (χ2n) is 7.61. The summed E-state index contributed by atoms with van der Waals surface area (Å²) < 4.78 is 0. The summed E-state index contributed by atoms with van der Waals surface area (Å²) in [5, 5.41) is 0. The van der Waals surface area contributed by atoms with Gasteiger partial charge in [0.2, 0.25) is 5.91 Å². The molecule has 4 rings (SSSR count). The molecule has 0 aliphatic heterocycles. The number of rotatable bonds is 6. The van der Waals surface area contributed by atoms with Gasteiger partial charge >= 0.3 is 0 Å². The summed E-state index contributed by atoms with van der Waals surface area (Å²) >= 11 is 5.77. The molecule has 4 fully saturated rings. The molecule has 20 heavy (non-hydrogen) atoms. The van der Waals surface area contributed by atoms with Crippen LogP contribution in [0.2, 0.25) is 0 Å². The molecule has 4 saturated carbocycles. The smallest absolute Gasteiger partial charge is 0.223 e. The number of alkyl halides is 1. The second-order valence-corrected chi connectivity index (χ2v) is 7.99. The number of amides is 1. The maximum Gasteiger partial charge on any atom is 0.223 e. The third kappa shape index (κ3) is 2.86. The van der Waals surface area contributed by atoms with E-state index in [4.69, 9.17) is 11.6 Å². The largest absolute Gasteiger partial charge is 0.343 e. The molecular formula is C17H28ClNO. The Morgan fingerprint density at radius 1 is 1.15 bits per heavy atom. The number of nitrogens with zero attached hydrogens (tertiary/aromatic N) is 1. The van der Waals surface area contributed by atoms with E-state index in [0.29, 0.717) is 17.2 Å². The van der Waals surface area contributed by atoms with Crippen LogP contribution < -0.4 is 0 Å². The highest BCUT2D eigenvalue weighted by atomic mass is 35.5. The molecule has 3 heteroatoms. The van der Waals surface area contributed by atoms with E-state index < -0.39 is 0 Å².